The van der Waals surface area contributed by atoms with Crippen LogP contribution >= 0.6 is 0 Å². The molecule has 0 radical (unpaired) electrons. The van der Waals surface area contributed by atoms with Gasteiger partial charge in [-0.15, -0.1) is 0 Å². The van der Waals surface area contributed by atoms with Crippen LogP contribution in [0, 0.1) is 35.5 Å². The summed E-state index contributed by atoms with van der Waals surface area (Å²) in [6.45, 7) is 2.12. The summed E-state index contributed by atoms with van der Waals surface area (Å²) in [4.78, 5) is 40.7. The van der Waals surface area contributed by atoms with E-state index >= 15 is 0 Å². The predicted molar refractivity (Wildman–Crippen MR) is 119 cm³/mol. The topological polar surface area (TPSA) is 63.7 Å². The Morgan fingerprint density at radius 3 is 2.25 bits per heavy atom. The standard InChI is InChI=1S/C27H25NO4/c1-2-4-15-7-9-18(10-8-15)32-27(31)16-5-3-6-17(13-16)28-25(29)23-19-11-12-20(22-14-21(19)22)24(23)26(28)30/h3,5-13,19-24H,2,4,14H2,1H3/t19-,20-,21-,22-,23+,24+/m0/s1. The largest absolute Gasteiger partial charge is 0.423 e. The number of carbonyl (C=O) groups excluding carboxylic acids is 3. The minimum atomic E-state index is -0.505. The molecule has 2 aromatic carbocycles. The molecule has 1 aliphatic heterocycles. The molecule has 6 atom stereocenters. The van der Waals surface area contributed by atoms with Crippen LogP contribution in [-0.4, -0.2) is 17.8 Å². The Morgan fingerprint density at radius 2 is 1.62 bits per heavy atom. The second-order valence-corrected chi connectivity index (χ2v) is 9.50. The highest BCUT2D eigenvalue weighted by Gasteiger charge is 2.67. The first-order valence-electron chi connectivity index (χ1n) is 11.5. The van der Waals surface area contributed by atoms with Crippen molar-refractivity contribution >= 4 is 23.5 Å². The molecular weight excluding hydrogens is 402 g/mol. The fourth-order valence-electron chi connectivity index (χ4n) is 6.16. The van der Waals surface area contributed by atoms with Crippen LogP contribution in [0.25, 0.3) is 0 Å². The number of carbonyl (C=O) groups is 3. The van der Waals surface area contributed by atoms with Crippen molar-refractivity contribution in [2.45, 2.75) is 26.2 Å². The molecule has 0 spiro atoms. The van der Waals surface area contributed by atoms with Gasteiger partial charge in [-0.2, -0.15) is 0 Å². The molecule has 0 aromatic heterocycles. The highest BCUT2D eigenvalue weighted by molar-refractivity contribution is 6.23. The van der Waals surface area contributed by atoms with E-state index in [9.17, 15) is 14.4 Å². The zero-order chi connectivity index (χ0) is 22.0. The third-order valence-electron chi connectivity index (χ3n) is 7.68. The minimum Gasteiger partial charge on any atom is -0.423 e. The van der Waals surface area contributed by atoms with Crippen LogP contribution in [0.2, 0.25) is 0 Å². The van der Waals surface area contributed by atoms with Gasteiger partial charge in [0.15, 0.2) is 0 Å². The Bertz CT molecular complexity index is 1110. The summed E-state index contributed by atoms with van der Waals surface area (Å²) in [5, 5.41) is 0. The summed E-state index contributed by atoms with van der Waals surface area (Å²) in [5.41, 5.74) is 1.97. The summed E-state index contributed by atoms with van der Waals surface area (Å²) in [6, 6.07) is 14.2. The summed E-state index contributed by atoms with van der Waals surface area (Å²) >= 11 is 0. The molecule has 1 saturated heterocycles. The lowest BCUT2D eigenvalue weighted by atomic mass is 9.63. The van der Waals surface area contributed by atoms with Gasteiger partial charge in [0.1, 0.15) is 5.75 Å². The molecule has 2 aromatic rings. The SMILES string of the molecule is CCCc1ccc(OC(=O)c2cccc(N3C(=O)[C@@H]4[C@H]5C=C[C@@H]([C@@H]6C[C@@H]56)[C@H]4C3=O)c2)cc1. The number of ether oxygens (including phenoxy) is 1. The number of benzene rings is 2. The molecule has 7 rings (SSSR count). The van der Waals surface area contributed by atoms with Gasteiger partial charge in [0, 0.05) is 0 Å². The molecule has 1 heterocycles. The number of nitrogens with zero attached hydrogens (tertiary/aromatic N) is 1. The maximum Gasteiger partial charge on any atom is 0.343 e. The molecule has 5 nitrogen and oxygen atoms in total. The number of hydrogen-bond donors (Lipinski definition) is 0. The normalized spacial score (nSPS) is 31.5. The number of allylic oxidation sites excluding steroid dienone is 2. The van der Waals surface area contributed by atoms with E-state index in [-0.39, 0.29) is 35.5 Å². The first kappa shape index (κ1) is 19.5. The van der Waals surface area contributed by atoms with E-state index in [0.29, 0.717) is 28.8 Å². The fraction of sp³-hybridized carbons (Fsp3) is 0.370. The van der Waals surface area contributed by atoms with E-state index in [2.05, 4.69) is 19.1 Å². The third-order valence-corrected chi connectivity index (χ3v) is 7.68. The van der Waals surface area contributed by atoms with Gasteiger partial charge in [-0.1, -0.05) is 43.7 Å². The lowest BCUT2D eigenvalue weighted by Crippen LogP contribution is -2.40. The predicted octanol–water partition coefficient (Wildman–Crippen LogP) is 4.42. The van der Waals surface area contributed by atoms with Crippen molar-refractivity contribution < 1.29 is 19.1 Å². The van der Waals surface area contributed by atoms with E-state index in [4.69, 9.17) is 4.74 Å². The van der Waals surface area contributed by atoms with E-state index < -0.39 is 5.97 Å². The quantitative estimate of drug-likeness (QED) is 0.307. The number of hydrogen-bond acceptors (Lipinski definition) is 4. The van der Waals surface area contributed by atoms with Gasteiger partial charge < -0.3 is 4.74 Å². The number of esters is 1. The van der Waals surface area contributed by atoms with Gasteiger partial charge in [0.25, 0.3) is 0 Å². The van der Waals surface area contributed by atoms with Crippen molar-refractivity contribution in [2.24, 2.45) is 35.5 Å². The molecule has 2 saturated carbocycles. The number of anilines is 1. The van der Waals surface area contributed by atoms with Gasteiger partial charge in [0.2, 0.25) is 11.8 Å². The summed E-state index contributed by atoms with van der Waals surface area (Å²) < 4.78 is 5.53. The molecule has 0 unspecified atom stereocenters. The summed E-state index contributed by atoms with van der Waals surface area (Å²) in [6.07, 6.45) is 7.49. The molecular formula is C27H25NO4. The van der Waals surface area contributed by atoms with E-state index in [1.807, 2.05) is 12.1 Å². The molecule has 32 heavy (non-hydrogen) atoms. The van der Waals surface area contributed by atoms with Crippen LogP contribution < -0.4 is 9.64 Å². The first-order valence-corrected chi connectivity index (χ1v) is 11.5. The number of rotatable bonds is 5. The minimum absolute atomic E-state index is 0.123. The van der Waals surface area contributed by atoms with Crippen LogP contribution in [-0.2, 0) is 16.0 Å². The van der Waals surface area contributed by atoms with Gasteiger partial charge in [-0.3, -0.25) is 9.59 Å². The molecule has 162 valence electrons. The Morgan fingerprint density at radius 1 is 0.969 bits per heavy atom. The van der Waals surface area contributed by atoms with Crippen LogP contribution in [0.4, 0.5) is 5.69 Å². The Hall–Kier alpha value is -3.21. The molecule has 3 fully saturated rings. The highest BCUT2D eigenvalue weighted by atomic mass is 16.5. The van der Waals surface area contributed by atoms with Crippen LogP contribution in [0.15, 0.2) is 60.7 Å². The van der Waals surface area contributed by atoms with Gasteiger partial charge >= 0.3 is 5.97 Å². The fourth-order valence-corrected chi connectivity index (χ4v) is 6.16. The van der Waals surface area contributed by atoms with E-state index in [1.54, 1.807) is 36.4 Å². The van der Waals surface area contributed by atoms with Crippen LogP contribution in [0.3, 0.4) is 0 Å². The number of aryl methyl sites for hydroxylation is 1. The van der Waals surface area contributed by atoms with E-state index in [1.165, 1.54) is 10.5 Å². The van der Waals surface area contributed by atoms with Crippen molar-refractivity contribution in [1.29, 1.82) is 0 Å². The molecule has 2 amide bonds. The molecule has 5 aliphatic rings. The maximum atomic E-state index is 13.3. The Kier molecular flexibility index (Phi) is 4.36. The third kappa shape index (κ3) is 2.87. The monoisotopic (exact) mass is 427 g/mol. The lowest BCUT2D eigenvalue weighted by molar-refractivity contribution is -0.124. The van der Waals surface area contributed by atoms with Gasteiger partial charge in [0.05, 0.1) is 23.1 Å². The highest BCUT2D eigenvalue weighted by Crippen LogP contribution is 2.65. The van der Waals surface area contributed by atoms with Gasteiger partial charge in [-0.25, -0.2) is 9.69 Å². The van der Waals surface area contributed by atoms with Crippen molar-refractivity contribution in [3.05, 3.63) is 71.8 Å². The number of amides is 2. The average molecular weight is 428 g/mol. The molecule has 0 N–H and O–H groups in total. The Labute approximate surface area is 187 Å². The van der Waals surface area contributed by atoms with E-state index in [0.717, 1.165) is 19.3 Å². The summed E-state index contributed by atoms with van der Waals surface area (Å²) in [5.74, 6) is 0.706. The zero-order valence-corrected chi connectivity index (χ0v) is 17.9. The van der Waals surface area contributed by atoms with Crippen LogP contribution in [0.1, 0.15) is 35.7 Å². The van der Waals surface area contributed by atoms with Crippen molar-refractivity contribution in [1.82, 2.24) is 0 Å². The van der Waals surface area contributed by atoms with Crippen molar-refractivity contribution in [3.63, 3.8) is 0 Å². The van der Waals surface area contributed by atoms with Crippen molar-refractivity contribution in [3.8, 4) is 5.75 Å². The molecule has 5 heteroatoms. The van der Waals surface area contributed by atoms with Crippen molar-refractivity contribution in [2.75, 3.05) is 4.90 Å². The molecule has 2 bridgehead atoms. The van der Waals surface area contributed by atoms with Gasteiger partial charge in [-0.05, 0) is 72.4 Å². The second-order valence-electron chi connectivity index (χ2n) is 9.50. The summed E-state index contributed by atoms with van der Waals surface area (Å²) in [7, 11) is 0. The first-order chi connectivity index (χ1) is 15.6. The zero-order valence-electron chi connectivity index (χ0n) is 17.9. The second kappa shape index (κ2) is 7.16. The van der Waals surface area contributed by atoms with Crippen LogP contribution in [0.5, 0.6) is 5.75 Å². The number of imide groups is 1. The Balaban J connectivity index is 1.23. The molecule has 4 aliphatic carbocycles. The smallest absolute Gasteiger partial charge is 0.343 e. The maximum absolute atomic E-state index is 13.3. The lowest BCUT2D eigenvalue weighted by Gasteiger charge is -2.37. The average Bonchev–Trinajstić information content (AvgIpc) is 3.59.